The Hall–Kier alpha value is -2.09. The zero-order chi connectivity index (χ0) is 29.7. The molecule has 15 heteroatoms. The summed E-state index contributed by atoms with van der Waals surface area (Å²) in [5.41, 5.74) is 6.52. The van der Waals surface area contributed by atoms with Gasteiger partial charge in [-0.15, -0.1) is 0 Å². The quantitative estimate of drug-likeness (QED) is 0.192. The van der Waals surface area contributed by atoms with E-state index in [2.05, 4.69) is 27.0 Å². The van der Waals surface area contributed by atoms with Gasteiger partial charge >= 0.3 is 13.7 Å². The minimum atomic E-state index is -3.92. The molecular formula is C25H41N6O7PS. The Balaban J connectivity index is 1.59. The summed E-state index contributed by atoms with van der Waals surface area (Å²) in [6.07, 6.45) is 3.37. The van der Waals surface area contributed by atoms with E-state index in [4.69, 9.17) is 24.3 Å². The average molecular weight is 601 g/mol. The monoisotopic (exact) mass is 600 g/mol. The highest BCUT2D eigenvalue weighted by Crippen LogP contribution is 2.45. The molecule has 13 nitrogen and oxygen atoms in total. The number of nitrogens with one attached hydrogen (secondary N) is 1. The summed E-state index contributed by atoms with van der Waals surface area (Å²) in [6, 6.07) is -0.937. The van der Waals surface area contributed by atoms with Crippen LogP contribution in [0.4, 0.5) is 5.82 Å². The van der Waals surface area contributed by atoms with Crippen molar-refractivity contribution in [3.8, 4) is 0 Å². The van der Waals surface area contributed by atoms with E-state index in [1.165, 1.54) is 13.3 Å². The van der Waals surface area contributed by atoms with Gasteiger partial charge < -0.3 is 15.2 Å². The molecule has 1 saturated heterocycles. The van der Waals surface area contributed by atoms with E-state index in [-0.39, 0.29) is 48.4 Å². The van der Waals surface area contributed by atoms with Crippen LogP contribution in [0.15, 0.2) is 12.7 Å². The van der Waals surface area contributed by atoms with E-state index in [1.54, 1.807) is 20.2 Å². The lowest BCUT2D eigenvalue weighted by molar-refractivity contribution is -0.149. The van der Waals surface area contributed by atoms with E-state index in [9.17, 15) is 14.2 Å². The molecule has 1 fully saturated rings. The molecule has 224 valence electrons. The van der Waals surface area contributed by atoms with Gasteiger partial charge in [0.15, 0.2) is 16.6 Å². The highest BCUT2D eigenvalue weighted by molar-refractivity contribution is 8.13. The average Bonchev–Trinajstić information content (AvgIpc) is 3.44. The summed E-state index contributed by atoms with van der Waals surface area (Å²) in [5, 5.41) is 2.67. The van der Waals surface area contributed by atoms with Gasteiger partial charge in [0, 0.05) is 17.1 Å². The number of nitrogens with zero attached hydrogens (tertiary/aromatic N) is 4. The van der Waals surface area contributed by atoms with Gasteiger partial charge in [0.1, 0.15) is 24.1 Å². The summed E-state index contributed by atoms with van der Waals surface area (Å²) in [7, 11) is -3.92. The van der Waals surface area contributed by atoms with E-state index in [1.807, 2.05) is 25.3 Å². The number of nitrogens with two attached hydrogens (primary N) is 1. The van der Waals surface area contributed by atoms with E-state index < -0.39 is 25.2 Å². The number of hydrogen-bond donors (Lipinski definition) is 2. The summed E-state index contributed by atoms with van der Waals surface area (Å²) in [6.45, 7) is 12.6. The van der Waals surface area contributed by atoms with Crippen molar-refractivity contribution in [3.63, 3.8) is 0 Å². The number of imidazole rings is 1. The molecule has 5 unspecified atom stereocenters. The third kappa shape index (κ3) is 8.70. The number of ether oxygens (including phenoxy) is 2. The molecule has 0 spiro atoms. The van der Waals surface area contributed by atoms with Crippen LogP contribution < -0.4 is 10.8 Å². The largest absolute Gasteiger partial charge is 0.462 e. The second-order valence-electron chi connectivity index (χ2n) is 11.1. The number of esters is 1. The lowest BCUT2D eigenvalue weighted by Crippen LogP contribution is -2.36. The fourth-order valence-electron chi connectivity index (χ4n) is 4.05. The molecule has 3 rings (SSSR count). The first-order valence-electron chi connectivity index (χ1n) is 13.3. The highest BCUT2D eigenvalue weighted by Gasteiger charge is 2.36. The molecule has 0 amide bonds. The van der Waals surface area contributed by atoms with Gasteiger partial charge in [-0.2, -0.15) is 0 Å². The number of anilines is 1. The summed E-state index contributed by atoms with van der Waals surface area (Å²) in [4.78, 5) is 37.1. The van der Waals surface area contributed by atoms with Crippen LogP contribution in [0.25, 0.3) is 11.2 Å². The van der Waals surface area contributed by atoms with Crippen molar-refractivity contribution in [2.75, 3.05) is 24.7 Å². The van der Waals surface area contributed by atoms with E-state index in [0.29, 0.717) is 23.4 Å². The van der Waals surface area contributed by atoms with Crippen LogP contribution in [0.2, 0.25) is 0 Å². The number of carbonyl (C=O) groups excluding carboxylic acids is 2. The highest BCUT2D eigenvalue weighted by atomic mass is 32.2. The molecule has 0 bridgehead atoms. The number of fused-ring (bicyclic) bond motifs is 1. The minimum Gasteiger partial charge on any atom is -0.462 e. The molecular weight excluding hydrogens is 559 g/mol. The van der Waals surface area contributed by atoms with Crippen molar-refractivity contribution in [1.82, 2.24) is 24.6 Å². The molecule has 0 saturated carbocycles. The third-order valence-electron chi connectivity index (χ3n) is 6.06. The second-order valence-corrected chi connectivity index (χ2v) is 14.0. The maximum Gasteiger partial charge on any atom is 0.406 e. The fourth-order valence-corrected chi connectivity index (χ4v) is 6.44. The summed E-state index contributed by atoms with van der Waals surface area (Å²) >= 11 is 1.10. The maximum atomic E-state index is 13.6. The lowest BCUT2D eigenvalue weighted by Gasteiger charge is -2.24. The van der Waals surface area contributed by atoms with Gasteiger partial charge in [0.05, 0.1) is 31.7 Å². The van der Waals surface area contributed by atoms with Crippen LogP contribution in [0, 0.1) is 11.3 Å². The second kappa shape index (κ2) is 13.7. The first-order valence-corrected chi connectivity index (χ1v) is 15.9. The van der Waals surface area contributed by atoms with Gasteiger partial charge in [-0.25, -0.2) is 24.6 Å². The van der Waals surface area contributed by atoms with Crippen LogP contribution >= 0.6 is 19.5 Å². The van der Waals surface area contributed by atoms with Crippen molar-refractivity contribution in [2.45, 2.75) is 85.8 Å². The van der Waals surface area contributed by atoms with Crippen LogP contribution in [0.1, 0.15) is 67.5 Å². The van der Waals surface area contributed by atoms with Gasteiger partial charge in [-0.1, -0.05) is 39.5 Å². The molecule has 2 aromatic heterocycles. The number of hydrogen-bond acceptors (Lipinski definition) is 12. The molecule has 3 N–H and O–H groups in total. The normalized spacial score (nSPS) is 21.9. The predicted octanol–water partition coefficient (Wildman–Crippen LogP) is 4.10. The van der Waals surface area contributed by atoms with Gasteiger partial charge in [0.25, 0.3) is 0 Å². The molecule has 0 aromatic carbocycles. The summed E-state index contributed by atoms with van der Waals surface area (Å²) < 4.78 is 38.2. The fraction of sp³-hybridized carbons (Fsp3) is 0.720. The number of thioether (sulfide) groups is 1. The number of rotatable bonds is 13. The predicted molar refractivity (Wildman–Crippen MR) is 152 cm³/mol. The SMILES string of the molecule is CC(C)OC(=O)C(C)NP(=O)(OCCSC(=O)C(C)(C)C)OCCC1CC(C)C(n2cnc3c(N)ncnc32)O1. The molecule has 1 aliphatic rings. The number of carbonyl (C=O) groups is 2. The van der Waals surface area contributed by atoms with Crippen molar-refractivity contribution in [2.24, 2.45) is 11.3 Å². The van der Waals surface area contributed by atoms with Crippen LogP contribution in [-0.2, 0) is 32.7 Å². The molecule has 3 heterocycles. The van der Waals surface area contributed by atoms with Crippen LogP contribution in [0.5, 0.6) is 0 Å². The van der Waals surface area contributed by atoms with E-state index >= 15 is 0 Å². The third-order valence-corrected chi connectivity index (χ3v) is 9.06. The summed E-state index contributed by atoms with van der Waals surface area (Å²) in [5.74, 6) is 0.152. The van der Waals surface area contributed by atoms with E-state index in [0.717, 1.165) is 18.2 Å². The molecule has 1 aliphatic heterocycles. The van der Waals surface area contributed by atoms with Gasteiger partial charge in [-0.05, 0) is 33.6 Å². The Bertz CT molecular complexity index is 1220. The van der Waals surface area contributed by atoms with Gasteiger partial charge in [0.2, 0.25) is 0 Å². The van der Waals surface area contributed by atoms with Crippen LogP contribution in [-0.4, -0.2) is 67.8 Å². The Morgan fingerprint density at radius 1 is 1.23 bits per heavy atom. The Kier molecular flexibility index (Phi) is 11.1. The van der Waals surface area contributed by atoms with Crippen molar-refractivity contribution >= 4 is 47.6 Å². The minimum absolute atomic E-state index is 0.00411. The molecule has 40 heavy (non-hydrogen) atoms. The maximum absolute atomic E-state index is 13.6. The molecule has 2 aromatic rings. The zero-order valence-electron chi connectivity index (χ0n) is 24.2. The van der Waals surface area contributed by atoms with Crippen LogP contribution in [0.3, 0.4) is 0 Å². The van der Waals surface area contributed by atoms with Crippen molar-refractivity contribution < 1.29 is 32.7 Å². The standard InChI is InChI=1S/C25H41N6O7PS/c1-15(2)37-23(32)17(4)30-39(34,36-10-11-40-24(33)25(5,6)7)35-9-8-18-12-16(3)22(38-18)31-14-29-19-20(26)27-13-28-21(19)31/h13-18,22H,8-12H2,1-7H3,(H,30,34)(H2,26,27,28). The molecule has 0 aliphatic carbocycles. The molecule has 5 atom stereocenters. The molecule has 0 radical (unpaired) electrons. The topological polar surface area (TPSA) is 170 Å². The van der Waals surface area contributed by atoms with Crippen molar-refractivity contribution in [1.29, 1.82) is 0 Å². The van der Waals surface area contributed by atoms with Crippen molar-refractivity contribution in [3.05, 3.63) is 12.7 Å². The van der Waals surface area contributed by atoms with Gasteiger partial charge in [-0.3, -0.25) is 23.2 Å². The Morgan fingerprint density at radius 3 is 2.60 bits per heavy atom. The number of nitrogen functional groups attached to an aromatic ring is 1. The Morgan fingerprint density at radius 2 is 1.93 bits per heavy atom. The lowest BCUT2D eigenvalue weighted by atomic mass is 10.00. The first kappa shape index (κ1) is 32.4. The smallest absolute Gasteiger partial charge is 0.406 e. The number of aromatic nitrogens is 4. The zero-order valence-corrected chi connectivity index (χ0v) is 25.9. The first-order chi connectivity index (χ1) is 18.7. The Labute approximate surface area is 239 Å².